The lowest BCUT2D eigenvalue weighted by molar-refractivity contribution is 0.115. The molecule has 5 rings (SSSR count). The number of nitrogens with zero attached hydrogens (tertiary/aromatic N) is 3. The van der Waals surface area contributed by atoms with E-state index in [4.69, 9.17) is 16.3 Å². The quantitative estimate of drug-likeness (QED) is 0.251. The van der Waals surface area contributed by atoms with Crippen LogP contribution in [0.1, 0.15) is 37.3 Å². The number of aromatic nitrogens is 1. The second kappa shape index (κ2) is 14.1. The van der Waals surface area contributed by atoms with Gasteiger partial charge in [-0.2, -0.15) is 0 Å². The molecule has 3 aromatic rings. The monoisotopic (exact) mass is 558 g/mol. The minimum absolute atomic E-state index is 0.707. The van der Waals surface area contributed by atoms with E-state index in [0.717, 1.165) is 94.5 Å². The van der Waals surface area contributed by atoms with Gasteiger partial charge in [0, 0.05) is 73.7 Å². The Labute approximate surface area is 244 Å². The van der Waals surface area contributed by atoms with Crippen LogP contribution < -0.4 is 10.1 Å². The largest absolute Gasteiger partial charge is 0.492 e. The summed E-state index contributed by atoms with van der Waals surface area (Å²) in [5, 5.41) is 5.64. The third kappa shape index (κ3) is 7.39. The number of aryl methyl sites for hydroxylation is 2. The first kappa shape index (κ1) is 28.5. The maximum atomic E-state index is 5.96. The Morgan fingerprint density at radius 2 is 1.75 bits per heavy atom. The summed E-state index contributed by atoms with van der Waals surface area (Å²) in [5.41, 5.74) is 6.35. The molecule has 0 atom stereocenters. The van der Waals surface area contributed by atoms with Crippen molar-refractivity contribution < 1.29 is 4.74 Å². The molecule has 2 heterocycles. The normalized spacial score (nSPS) is 16.3. The van der Waals surface area contributed by atoms with Crippen molar-refractivity contribution in [3.05, 3.63) is 95.2 Å². The van der Waals surface area contributed by atoms with E-state index in [2.05, 4.69) is 75.8 Å². The van der Waals surface area contributed by atoms with Crippen molar-refractivity contribution >= 4 is 28.2 Å². The van der Waals surface area contributed by atoms with Crippen LogP contribution in [-0.4, -0.2) is 66.8 Å². The minimum atomic E-state index is 0.707. The lowest BCUT2D eigenvalue weighted by Gasteiger charge is -2.34. The molecular weight excluding hydrogens is 516 g/mol. The van der Waals surface area contributed by atoms with E-state index in [9.17, 15) is 0 Å². The highest BCUT2D eigenvalue weighted by Crippen LogP contribution is 2.29. The minimum Gasteiger partial charge on any atom is -0.492 e. The average molecular weight is 559 g/mol. The van der Waals surface area contributed by atoms with Gasteiger partial charge in [-0.1, -0.05) is 61.5 Å². The maximum Gasteiger partial charge on any atom is 0.119 e. The van der Waals surface area contributed by atoms with E-state index in [1.807, 2.05) is 24.3 Å². The highest BCUT2D eigenvalue weighted by Gasteiger charge is 2.18. The molecular formula is C34H43ClN4O. The Hall–Kier alpha value is -2.99. The zero-order valence-corrected chi connectivity index (χ0v) is 24.6. The van der Waals surface area contributed by atoms with Crippen LogP contribution in [0, 0.1) is 0 Å². The van der Waals surface area contributed by atoms with Crippen LogP contribution in [0.25, 0.3) is 16.6 Å². The van der Waals surface area contributed by atoms with Crippen molar-refractivity contribution in [1.82, 2.24) is 19.7 Å². The van der Waals surface area contributed by atoms with Gasteiger partial charge in [-0.3, -0.25) is 4.90 Å². The molecule has 1 saturated heterocycles. The molecule has 0 amide bonds. The molecule has 6 heteroatoms. The zero-order valence-electron chi connectivity index (χ0n) is 23.9. The first-order valence-electron chi connectivity index (χ1n) is 14.8. The number of allylic oxidation sites excluding steroid dienone is 2. The summed E-state index contributed by atoms with van der Waals surface area (Å²) >= 11 is 5.96. The van der Waals surface area contributed by atoms with E-state index in [1.165, 1.54) is 27.6 Å². The van der Waals surface area contributed by atoms with Crippen LogP contribution in [0.2, 0.25) is 5.02 Å². The van der Waals surface area contributed by atoms with Crippen LogP contribution in [0.15, 0.2) is 79.0 Å². The molecule has 1 fully saturated rings. The third-order valence-corrected chi connectivity index (χ3v) is 8.35. The smallest absolute Gasteiger partial charge is 0.119 e. The molecule has 0 radical (unpaired) electrons. The van der Waals surface area contributed by atoms with Crippen LogP contribution in [-0.2, 0) is 13.0 Å². The van der Waals surface area contributed by atoms with Crippen LogP contribution in [0.3, 0.4) is 0 Å². The maximum absolute atomic E-state index is 5.96. The molecule has 0 bridgehead atoms. The summed E-state index contributed by atoms with van der Waals surface area (Å²) in [6.45, 7) is 15.7. The number of nitrogens with one attached hydrogen (secondary N) is 1. The van der Waals surface area contributed by atoms with E-state index in [1.54, 1.807) is 0 Å². The van der Waals surface area contributed by atoms with Crippen molar-refractivity contribution in [1.29, 1.82) is 0 Å². The number of hydrogen-bond acceptors (Lipinski definition) is 4. The molecule has 2 aliphatic rings. The van der Waals surface area contributed by atoms with Crippen molar-refractivity contribution in [3.63, 3.8) is 0 Å². The molecule has 0 unspecified atom stereocenters. The number of piperazine rings is 1. The number of benzene rings is 2. The summed E-state index contributed by atoms with van der Waals surface area (Å²) < 4.78 is 8.36. The van der Waals surface area contributed by atoms with Gasteiger partial charge in [0.05, 0.1) is 5.52 Å². The van der Waals surface area contributed by atoms with Gasteiger partial charge in [0.15, 0.2) is 0 Å². The molecule has 1 N–H and O–H groups in total. The number of halogens is 1. The highest BCUT2D eigenvalue weighted by atomic mass is 35.5. The molecule has 212 valence electrons. The standard InChI is InChI=1S/C34H43ClN4O/c1-3-29-11-7-12-32-33(27(2)36-25-28-9-5-4-6-10-28)26-39(34(29)32)18-8-17-37-19-21-38(22-20-37)23-24-40-31-15-13-30(35)14-16-31/h5,7,9-16,26,36H,2-4,6,8,17-25H2,1H3. The molecule has 1 aliphatic carbocycles. The zero-order chi connectivity index (χ0) is 27.7. The lowest BCUT2D eigenvalue weighted by Crippen LogP contribution is -2.47. The number of hydrogen-bond donors (Lipinski definition) is 1. The molecule has 40 heavy (non-hydrogen) atoms. The first-order chi connectivity index (χ1) is 19.6. The van der Waals surface area contributed by atoms with Crippen molar-refractivity contribution in [2.75, 3.05) is 52.4 Å². The molecule has 2 aromatic carbocycles. The van der Waals surface area contributed by atoms with Crippen LogP contribution >= 0.6 is 11.6 Å². The molecule has 1 aromatic heterocycles. The summed E-state index contributed by atoms with van der Waals surface area (Å²) in [4.78, 5) is 5.11. The summed E-state index contributed by atoms with van der Waals surface area (Å²) in [6.07, 6.45) is 13.6. The Morgan fingerprint density at radius 1 is 0.975 bits per heavy atom. The van der Waals surface area contributed by atoms with Gasteiger partial charge < -0.3 is 19.5 Å². The molecule has 5 nitrogen and oxygen atoms in total. The van der Waals surface area contributed by atoms with E-state index in [0.29, 0.717) is 6.61 Å². The fourth-order valence-corrected chi connectivity index (χ4v) is 5.89. The fourth-order valence-electron chi connectivity index (χ4n) is 5.77. The van der Waals surface area contributed by atoms with Gasteiger partial charge in [-0.15, -0.1) is 0 Å². The fraction of sp³-hybridized carbons (Fsp3) is 0.412. The topological polar surface area (TPSA) is 32.7 Å². The van der Waals surface area contributed by atoms with Gasteiger partial charge >= 0.3 is 0 Å². The van der Waals surface area contributed by atoms with E-state index < -0.39 is 0 Å². The highest BCUT2D eigenvalue weighted by molar-refractivity contribution is 6.30. The summed E-state index contributed by atoms with van der Waals surface area (Å²) in [7, 11) is 0. The van der Waals surface area contributed by atoms with Crippen molar-refractivity contribution in [2.45, 2.75) is 39.2 Å². The predicted octanol–water partition coefficient (Wildman–Crippen LogP) is 6.78. The second-order valence-electron chi connectivity index (χ2n) is 10.8. The predicted molar refractivity (Wildman–Crippen MR) is 169 cm³/mol. The number of ether oxygens (including phenoxy) is 1. The molecule has 0 saturated carbocycles. The lowest BCUT2D eigenvalue weighted by atomic mass is 10.0. The Morgan fingerprint density at radius 3 is 2.48 bits per heavy atom. The van der Waals surface area contributed by atoms with Gasteiger partial charge in [0.1, 0.15) is 12.4 Å². The number of para-hydroxylation sites is 1. The van der Waals surface area contributed by atoms with E-state index in [-0.39, 0.29) is 0 Å². The SMILES string of the molecule is C=C(NCC1=CCCC=C1)c1cn(CCCN2CCN(CCOc3ccc(Cl)cc3)CC2)c2c(CC)cccc12. The molecule has 0 spiro atoms. The van der Waals surface area contributed by atoms with Crippen molar-refractivity contribution in [3.8, 4) is 5.75 Å². The summed E-state index contributed by atoms with van der Waals surface area (Å²) in [5.74, 6) is 0.882. The van der Waals surface area contributed by atoms with Gasteiger partial charge in [-0.05, 0) is 67.6 Å². The first-order valence-corrected chi connectivity index (χ1v) is 15.2. The second-order valence-corrected chi connectivity index (χ2v) is 11.3. The van der Waals surface area contributed by atoms with Crippen LogP contribution in [0.5, 0.6) is 5.75 Å². The van der Waals surface area contributed by atoms with Gasteiger partial charge in [0.2, 0.25) is 0 Å². The number of rotatable bonds is 13. The summed E-state index contributed by atoms with van der Waals surface area (Å²) in [6, 6.07) is 14.3. The Bertz CT molecular complexity index is 1330. The van der Waals surface area contributed by atoms with Crippen LogP contribution in [0.4, 0.5) is 0 Å². The van der Waals surface area contributed by atoms with Crippen molar-refractivity contribution in [2.24, 2.45) is 0 Å². The number of fused-ring (bicyclic) bond motifs is 1. The molecule has 1 aliphatic heterocycles. The third-order valence-electron chi connectivity index (χ3n) is 8.09. The van der Waals surface area contributed by atoms with Gasteiger partial charge in [0.25, 0.3) is 0 Å². The average Bonchev–Trinajstić information content (AvgIpc) is 3.37. The Balaban J connectivity index is 1.11. The Kier molecular flexibility index (Phi) is 10.0. The van der Waals surface area contributed by atoms with Gasteiger partial charge in [-0.25, -0.2) is 0 Å². The van der Waals surface area contributed by atoms with E-state index >= 15 is 0 Å².